The molecule has 0 heterocycles. The van der Waals surface area contributed by atoms with E-state index >= 15 is 0 Å². The van der Waals surface area contributed by atoms with Crippen LogP contribution in [-0.2, 0) is 13.6 Å². The van der Waals surface area contributed by atoms with Gasteiger partial charge in [0.15, 0.2) is 0 Å². The zero-order valence-corrected chi connectivity index (χ0v) is 11.1. The molecule has 18 heavy (non-hydrogen) atoms. The quantitative estimate of drug-likeness (QED) is 0.532. The lowest BCUT2D eigenvalue weighted by molar-refractivity contribution is 0.247. The lowest BCUT2D eigenvalue weighted by Gasteiger charge is -2.19. The van der Waals surface area contributed by atoms with E-state index in [1.165, 1.54) is 12.2 Å². The van der Waals surface area contributed by atoms with Gasteiger partial charge in [-0.1, -0.05) is 43.0 Å². The van der Waals surface area contributed by atoms with Crippen molar-refractivity contribution in [1.29, 1.82) is 0 Å². The second-order valence-electron chi connectivity index (χ2n) is 3.43. The molecule has 0 radical (unpaired) electrons. The third-order valence-corrected chi connectivity index (χ3v) is 4.15. The van der Waals surface area contributed by atoms with E-state index in [1.807, 2.05) is 12.1 Å². The Balaban J connectivity index is 3.15. The Kier molecular flexibility index (Phi) is 5.79. The lowest BCUT2D eigenvalue weighted by atomic mass is 10.2. The van der Waals surface area contributed by atoms with Crippen molar-refractivity contribution < 1.29 is 13.6 Å². The van der Waals surface area contributed by atoms with Crippen LogP contribution in [0.2, 0.25) is 0 Å². The summed E-state index contributed by atoms with van der Waals surface area (Å²) in [7, 11) is -3.37. The second-order valence-corrected chi connectivity index (χ2v) is 5.42. The van der Waals surface area contributed by atoms with Crippen molar-refractivity contribution >= 4 is 19.0 Å². The molecule has 0 saturated heterocycles. The highest BCUT2D eigenvalue weighted by molar-refractivity contribution is 7.62. The molecule has 0 aromatic heterocycles. The summed E-state index contributed by atoms with van der Waals surface area (Å²) in [6, 6.07) is 7.14. The number of hydrogen-bond donors (Lipinski definition) is 0. The van der Waals surface area contributed by atoms with E-state index < -0.39 is 7.60 Å². The molecule has 96 valence electrons. The highest BCUT2D eigenvalue weighted by Gasteiger charge is 2.28. The summed E-state index contributed by atoms with van der Waals surface area (Å²) in [4.78, 5) is 0. The van der Waals surface area contributed by atoms with Gasteiger partial charge in [0.2, 0.25) is 0 Å². The zero-order chi connectivity index (χ0) is 13.4. The monoisotopic (exact) mass is 264 g/mol. The van der Waals surface area contributed by atoms with Crippen molar-refractivity contribution in [2.75, 3.05) is 13.2 Å². The van der Waals surface area contributed by atoms with Crippen molar-refractivity contribution in [3.8, 4) is 0 Å². The Bertz CT molecular complexity index is 464. The van der Waals surface area contributed by atoms with Crippen LogP contribution in [0.1, 0.15) is 5.56 Å². The average molecular weight is 264 g/mol. The van der Waals surface area contributed by atoms with Crippen LogP contribution < -0.4 is 5.30 Å². The average Bonchev–Trinajstić information content (AvgIpc) is 2.43. The predicted octanol–water partition coefficient (Wildman–Crippen LogP) is 3.55. The molecule has 0 bridgehead atoms. The van der Waals surface area contributed by atoms with E-state index in [0.717, 1.165) is 5.56 Å². The van der Waals surface area contributed by atoms with Crippen LogP contribution in [0.5, 0.6) is 0 Å². The molecular formula is C14H17O3P. The van der Waals surface area contributed by atoms with Gasteiger partial charge < -0.3 is 9.05 Å². The third-order valence-electron chi connectivity index (χ3n) is 2.18. The molecule has 0 spiro atoms. The fraction of sp³-hybridized carbons (Fsp3) is 0.143. The van der Waals surface area contributed by atoms with E-state index in [2.05, 4.69) is 19.7 Å². The number of hydrogen-bond acceptors (Lipinski definition) is 3. The van der Waals surface area contributed by atoms with Crippen molar-refractivity contribution in [2.45, 2.75) is 0 Å². The minimum atomic E-state index is -3.37. The summed E-state index contributed by atoms with van der Waals surface area (Å²) in [6.07, 6.45) is 4.68. The highest BCUT2D eigenvalue weighted by Crippen LogP contribution is 2.47. The van der Waals surface area contributed by atoms with Gasteiger partial charge in [0, 0.05) is 0 Å². The molecule has 1 aromatic carbocycles. The summed E-state index contributed by atoms with van der Waals surface area (Å²) >= 11 is 0. The normalized spacial score (nSPS) is 10.9. The predicted molar refractivity (Wildman–Crippen MR) is 76.1 cm³/mol. The molecule has 0 aliphatic carbocycles. The van der Waals surface area contributed by atoms with Gasteiger partial charge in [-0.25, -0.2) is 0 Å². The van der Waals surface area contributed by atoms with Crippen LogP contribution in [0.15, 0.2) is 56.2 Å². The Morgan fingerprint density at radius 2 is 1.61 bits per heavy atom. The van der Waals surface area contributed by atoms with Crippen molar-refractivity contribution in [3.63, 3.8) is 0 Å². The van der Waals surface area contributed by atoms with Gasteiger partial charge in [-0.3, -0.25) is 4.57 Å². The van der Waals surface area contributed by atoms with Gasteiger partial charge in [0.1, 0.15) is 0 Å². The first-order valence-corrected chi connectivity index (χ1v) is 7.05. The van der Waals surface area contributed by atoms with E-state index in [-0.39, 0.29) is 13.2 Å². The summed E-state index contributed by atoms with van der Waals surface area (Å²) in [5, 5.41) is 0.503. The van der Waals surface area contributed by atoms with E-state index in [9.17, 15) is 4.57 Å². The van der Waals surface area contributed by atoms with Crippen LogP contribution in [0, 0.1) is 0 Å². The van der Waals surface area contributed by atoms with Crippen LogP contribution >= 0.6 is 7.60 Å². The molecule has 0 saturated carbocycles. The molecule has 3 nitrogen and oxygen atoms in total. The molecule has 0 N–H and O–H groups in total. The van der Waals surface area contributed by atoms with Gasteiger partial charge in [-0.05, 0) is 11.6 Å². The minimum Gasteiger partial charge on any atom is -0.301 e. The van der Waals surface area contributed by atoms with Crippen LogP contribution in [0.3, 0.4) is 0 Å². The third kappa shape index (κ3) is 3.54. The fourth-order valence-corrected chi connectivity index (χ4v) is 3.09. The molecular weight excluding hydrogens is 247 g/mol. The fourth-order valence-electron chi connectivity index (χ4n) is 1.39. The molecule has 0 amide bonds. The Morgan fingerprint density at radius 3 is 2.11 bits per heavy atom. The van der Waals surface area contributed by atoms with Crippen molar-refractivity contribution in [3.05, 3.63) is 61.7 Å². The maximum atomic E-state index is 12.7. The first kappa shape index (κ1) is 14.7. The molecule has 0 aliphatic heterocycles. The van der Waals surface area contributed by atoms with Crippen LogP contribution in [-0.4, -0.2) is 13.2 Å². The van der Waals surface area contributed by atoms with Gasteiger partial charge in [-0.2, -0.15) is 0 Å². The van der Waals surface area contributed by atoms with Crippen LogP contribution in [0.4, 0.5) is 0 Å². The SMILES string of the molecule is C=CCOP(=O)(OCC=C)c1ccccc1C=C. The molecule has 1 rings (SSSR count). The highest BCUT2D eigenvalue weighted by atomic mass is 31.2. The largest absolute Gasteiger partial charge is 0.362 e. The molecule has 1 aromatic rings. The topological polar surface area (TPSA) is 35.5 Å². The molecule has 0 aliphatic rings. The second kappa shape index (κ2) is 7.12. The van der Waals surface area contributed by atoms with Crippen molar-refractivity contribution in [1.82, 2.24) is 0 Å². The maximum Gasteiger partial charge on any atom is 0.362 e. The van der Waals surface area contributed by atoms with E-state index in [4.69, 9.17) is 9.05 Å². The first-order chi connectivity index (χ1) is 8.68. The summed E-state index contributed by atoms with van der Waals surface area (Å²) in [5.74, 6) is 0. The maximum absolute atomic E-state index is 12.7. The van der Waals surface area contributed by atoms with Gasteiger partial charge in [-0.15, -0.1) is 13.2 Å². The van der Waals surface area contributed by atoms with Crippen molar-refractivity contribution in [2.24, 2.45) is 0 Å². The molecule has 0 unspecified atom stereocenters. The zero-order valence-electron chi connectivity index (χ0n) is 10.2. The standard InChI is InChI=1S/C14H17O3P/c1-4-11-16-18(15,17-12-5-2)14-10-8-7-9-13(14)6-3/h4-10H,1-3,11-12H2. The Labute approximate surface area is 108 Å². The molecule has 4 heteroatoms. The first-order valence-electron chi connectivity index (χ1n) is 5.51. The van der Waals surface area contributed by atoms with Gasteiger partial charge in [0.05, 0.1) is 18.5 Å². The van der Waals surface area contributed by atoms with E-state index in [0.29, 0.717) is 5.30 Å². The Hall–Kier alpha value is -1.41. The summed E-state index contributed by atoms with van der Waals surface area (Å²) in [5.41, 5.74) is 0.731. The smallest absolute Gasteiger partial charge is 0.301 e. The summed E-state index contributed by atoms with van der Waals surface area (Å²) < 4.78 is 23.4. The number of benzene rings is 1. The lowest BCUT2D eigenvalue weighted by Crippen LogP contribution is -2.13. The van der Waals surface area contributed by atoms with Crippen LogP contribution in [0.25, 0.3) is 6.08 Å². The Morgan fingerprint density at radius 1 is 1.06 bits per heavy atom. The minimum absolute atomic E-state index is 0.153. The number of rotatable bonds is 8. The summed E-state index contributed by atoms with van der Waals surface area (Å²) in [6.45, 7) is 11.1. The van der Waals surface area contributed by atoms with Gasteiger partial charge in [0.25, 0.3) is 0 Å². The molecule has 0 fully saturated rings. The molecule has 0 atom stereocenters. The van der Waals surface area contributed by atoms with E-state index in [1.54, 1.807) is 18.2 Å². The van der Waals surface area contributed by atoms with Gasteiger partial charge >= 0.3 is 7.60 Å².